The van der Waals surface area contributed by atoms with Gasteiger partial charge in [-0.2, -0.15) is 0 Å². The minimum Gasteiger partial charge on any atom is -0.497 e. The number of carbonyl (C=O) groups is 1. The van der Waals surface area contributed by atoms with Gasteiger partial charge in [0.2, 0.25) is 11.6 Å². The van der Waals surface area contributed by atoms with E-state index in [1.165, 1.54) is 13.4 Å². The normalized spacial score (nSPS) is 10.8. The standard InChI is InChI=1S/C20H28N6O4/c1-13(2)10-25(11-14(3)4)19-17(26(28)29)18(21-12-22-19)23-24-20(27)15-6-8-16(30-5)9-7-15/h6-9,12-14H,10-11H2,1-5H3,(H,24,27)(H,21,22,23). The van der Waals surface area contributed by atoms with Crippen LogP contribution in [0.25, 0.3) is 0 Å². The number of hydrazine groups is 1. The fourth-order valence-corrected chi connectivity index (χ4v) is 2.92. The number of nitrogens with zero attached hydrogens (tertiary/aromatic N) is 4. The number of methoxy groups -OCH3 is 1. The number of amides is 1. The number of carbonyl (C=O) groups excluding carboxylic acids is 1. The van der Waals surface area contributed by atoms with Gasteiger partial charge in [-0.1, -0.05) is 27.7 Å². The minimum atomic E-state index is -0.537. The fourth-order valence-electron chi connectivity index (χ4n) is 2.92. The number of hydrogen-bond acceptors (Lipinski definition) is 8. The van der Waals surface area contributed by atoms with Crippen LogP contribution in [-0.4, -0.2) is 41.0 Å². The Hall–Kier alpha value is -3.43. The van der Waals surface area contributed by atoms with E-state index < -0.39 is 10.8 Å². The lowest BCUT2D eigenvalue weighted by atomic mass is 10.1. The molecule has 0 aliphatic rings. The van der Waals surface area contributed by atoms with Crippen LogP contribution in [-0.2, 0) is 0 Å². The molecule has 162 valence electrons. The molecule has 1 aromatic heterocycles. The summed E-state index contributed by atoms with van der Waals surface area (Å²) in [4.78, 5) is 33.7. The molecule has 2 N–H and O–H groups in total. The zero-order valence-corrected chi connectivity index (χ0v) is 17.9. The van der Waals surface area contributed by atoms with Gasteiger partial charge in [-0.05, 0) is 36.1 Å². The highest BCUT2D eigenvalue weighted by Crippen LogP contribution is 2.32. The second kappa shape index (κ2) is 10.4. The molecule has 0 atom stereocenters. The second-order valence-corrected chi connectivity index (χ2v) is 7.65. The summed E-state index contributed by atoms with van der Waals surface area (Å²) in [5.74, 6) is 0.858. The van der Waals surface area contributed by atoms with Gasteiger partial charge >= 0.3 is 5.69 Å². The highest BCUT2D eigenvalue weighted by molar-refractivity contribution is 5.95. The maximum absolute atomic E-state index is 12.4. The molecular weight excluding hydrogens is 388 g/mol. The number of benzene rings is 1. The summed E-state index contributed by atoms with van der Waals surface area (Å²) >= 11 is 0. The Kier molecular flexibility index (Phi) is 7.90. The summed E-state index contributed by atoms with van der Waals surface area (Å²) < 4.78 is 5.07. The van der Waals surface area contributed by atoms with Gasteiger partial charge < -0.3 is 9.64 Å². The molecule has 0 saturated heterocycles. The van der Waals surface area contributed by atoms with Gasteiger partial charge in [0.25, 0.3) is 5.91 Å². The van der Waals surface area contributed by atoms with Crippen molar-refractivity contribution in [3.63, 3.8) is 0 Å². The summed E-state index contributed by atoms with van der Waals surface area (Å²) in [6.07, 6.45) is 1.25. The molecule has 10 nitrogen and oxygen atoms in total. The van der Waals surface area contributed by atoms with Crippen LogP contribution in [0.15, 0.2) is 30.6 Å². The second-order valence-electron chi connectivity index (χ2n) is 7.65. The minimum absolute atomic E-state index is 0.0793. The molecule has 0 unspecified atom stereocenters. The number of nitro groups is 1. The maximum atomic E-state index is 12.4. The molecule has 10 heteroatoms. The third-order valence-electron chi connectivity index (χ3n) is 4.10. The van der Waals surface area contributed by atoms with Gasteiger partial charge in [0.1, 0.15) is 12.1 Å². The van der Waals surface area contributed by atoms with E-state index >= 15 is 0 Å². The molecule has 0 radical (unpaired) electrons. The maximum Gasteiger partial charge on any atom is 0.355 e. The van der Waals surface area contributed by atoms with E-state index in [4.69, 9.17) is 4.74 Å². The van der Waals surface area contributed by atoms with Crippen LogP contribution in [0.2, 0.25) is 0 Å². The lowest BCUT2D eigenvalue weighted by Gasteiger charge is -2.27. The Balaban J connectivity index is 2.28. The molecule has 0 aliphatic carbocycles. The van der Waals surface area contributed by atoms with Crippen LogP contribution in [0.5, 0.6) is 5.75 Å². The highest BCUT2D eigenvalue weighted by Gasteiger charge is 2.28. The summed E-state index contributed by atoms with van der Waals surface area (Å²) in [7, 11) is 1.53. The Morgan fingerprint density at radius 3 is 2.23 bits per heavy atom. The molecule has 0 spiro atoms. The Labute approximate surface area is 175 Å². The van der Waals surface area contributed by atoms with Crippen molar-refractivity contribution in [3.05, 3.63) is 46.3 Å². The van der Waals surface area contributed by atoms with E-state index in [1.54, 1.807) is 24.3 Å². The first-order valence-electron chi connectivity index (χ1n) is 9.67. The van der Waals surface area contributed by atoms with Crippen molar-refractivity contribution >= 4 is 23.2 Å². The zero-order chi connectivity index (χ0) is 22.3. The van der Waals surface area contributed by atoms with Crippen molar-refractivity contribution in [2.24, 2.45) is 11.8 Å². The summed E-state index contributed by atoms with van der Waals surface area (Å²) in [5.41, 5.74) is 5.10. The number of ether oxygens (including phenoxy) is 1. The summed E-state index contributed by atoms with van der Waals surface area (Å²) in [5, 5.41) is 11.8. The van der Waals surface area contributed by atoms with Crippen LogP contribution >= 0.6 is 0 Å². The van der Waals surface area contributed by atoms with Crippen molar-refractivity contribution in [2.45, 2.75) is 27.7 Å². The molecule has 0 fully saturated rings. The third kappa shape index (κ3) is 6.03. The van der Waals surface area contributed by atoms with Gasteiger partial charge in [0.15, 0.2) is 0 Å². The van der Waals surface area contributed by atoms with E-state index in [1.807, 2.05) is 32.6 Å². The van der Waals surface area contributed by atoms with Crippen molar-refractivity contribution < 1.29 is 14.5 Å². The quantitative estimate of drug-likeness (QED) is 0.447. The topological polar surface area (TPSA) is 123 Å². The van der Waals surface area contributed by atoms with Crippen LogP contribution in [0.1, 0.15) is 38.1 Å². The number of aromatic nitrogens is 2. The number of rotatable bonds is 10. The molecule has 2 rings (SSSR count). The van der Waals surface area contributed by atoms with Gasteiger partial charge in [0.05, 0.1) is 12.0 Å². The third-order valence-corrected chi connectivity index (χ3v) is 4.10. The first-order valence-corrected chi connectivity index (χ1v) is 9.67. The SMILES string of the molecule is COc1ccc(C(=O)NNc2ncnc(N(CC(C)C)CC(C)C)c2[N+](=O)[O-])cc1. The number of nitrogens with one attached hydrogen (secondary N) is 2. The molecule has 30 heavy (non-hydrogen) atoms. The molecular formula is C20H28N6O4. The van der Waals surface area contributed by atoms with Crippen LogP contribution < -0.4 is 20.5 Å². The molecule has 0 aliphatic heterocycles. The predicted molar refractivity (Wildman–Crippen MR) is 115 cm³/mol. The Morgan fingerprint density at radius 2 is 1.73 bits per heavy atom. The molecule has 0 bridgehead atoms. The Morgan fingerprint density at radius 1 is 1.13 bits per heavy atom. The van der Waals surface area contributed by atoms with Crippen molar-refractivity contribution in [1.82, 2.24) is 15.4 Å². The molecule has 1 heterocycles. The van der Waals surface area contributed by atoms with Crippen LogP contribution in [0, 0.1) is 22.0 Å². The van der Waals surface area contributed by atoms with Gasteiger partial charge in [-0.25, -0.2) is 9.97 Å². The smallest absolute Gasteiger partial charge is 0.355 e. The first kappa shape index (κ1) is 22.9. The largest absolute Gasteiger partial charge is 0.497 e. The van der Waals surface area contributed by atoms with Gasteiger partial charge in [-0.3, -0.25) is 25.8 Å². The first-order chi connectivity index (χ1) is 14.2. The highest BCUT2D eigenvalue weighted by atomic mass is 16.6. The van der Waals surface area contributed by atoms with Crippen molar-refractivity contribution in [3.8, 4) is 5.75 Å². The van der Waals surface area contributed by atoms with Crippen LogP contribution in [0.3, 0.4) is 0 Å². The zero-order valence-electron chi connectivity index (χ0n) is 17.9. The predicted octanol–water partition coefficient (Wildman–Crippen LogP) is 3.27. The summed E-state index contributed by atoms with van der Waals surface area (Å²) in [6.45, 7) is 9.35. The Bertz CT molecular complexity index is 860. The van der Waals surface area contributed by atoms with E-state index in [0.29, 0.717) is 24.4 Å². The van der Waals surface area contributed by atoms with Crippen molar-refractivity contribution in [1.29, 1.82) is 0 Å². The van der Waals surface area contributed by atoms with E-state index in [0.717, 1.165) is 0 Å². The molecule has 1 amide bonds. The fraction of sp³-hybridized carbons (Fsp3) is 0.450. The lowest BCUT2D eigenvalue weighted by Crippen LogP contribution is -2.34. The number of hydrogen-bond donors (Lipinski definition) is 2. The molecule has 1 aromatic carbocycles. The van der Waals surface area contributed by atoms with Crippen molar-refractivity contribution in [2.75, 3.05) is 30.5 Å². The average molecular weight is 416 g/mol. The lowest BCUT2D eigenvalue weighted by molar-refractivity contribution is -0.383. The average Bonchev–Trinajstić information content (AvgIpc) is 2.70. The molecule has 0 saturated carbocycles. The van der Waals surface area contributed by atoms with E-state index in [9.17, 15) is 14.9 Å². The molecule has 2 aromatic rings. The van der Waals surface area contributed by atoms with Gasteiger partial charge in [0, 0.05) is 18.7 Å². The number of anilines is 2. The van der Waals surface area contributed by atoms with E-state index in [2.05, 4.69) is 20.8 Å². The van der Waals surface area contributed by atoms with Gasteiger partial charge in [-0.15, -0.1) is 0 Å². The monoisotopic (exact) mass is 416 g/mol. The summed E-state index contributed by atoms with van der Waals surface area (Å²) in [6, 6.07) is 6.47. The van der Waals surface area contributed by atoms with E-state index in [-0.39, 0.29) is 29.2 Å². The van der Waals surface area contributed by atoms with Crippen LogP contribution in [0.4, 0.5) is 17.3 Å².